The van der Waals surface area contributed by atoms with Crippen LogP contribution in [0, 0.1) is 6.92 Å². The molecule has 0 heterocycles. The summed E-state index contributed by atoms with van der Waals surface area (Å²) in [6, 6.07) is 20.0. The molecule has 13 heavy (non-hydrogen) atoms. The Morgan fingerprint density at radius 3 is 1.00 bits per heavy atom. The van der Waals surface area contributed by atoms with E-state index in [1.165, 1.54) is 0 Å². The van der Waals surface area contributed by atoms with Crippen LogP contribution in [0.5, 0.6) is 0 Å². The van der Waals surface area contributed by atoms with Crippen LogP contribution in [0.25, 0.3) is 0 Å². The standard InChI is InChI=1S/2C5H5.C2H5.Ti/c2*1-2-4-5-3-1;1-2;/h2*1-5H;1H2,2H3;/q3*-1;+3. The van der Waals surface area contributed by atoms with Crippen molar-refractivity contribution in [2.45, 2.75) is 6.92 Å². The van der Waals surface area contributed by atoms with Crippen molar-refractivity contribution in [1.82, 2.24) is 0 Å². The fourth-order valence-corrected chi connectivity index (χ4v) is 0.642. The Morgan fingerprint density at radius 2 is 0.923 bits per heavy atom. The van der Waals surface area contributed by atoms with Crippen molar-refractivity contribution in [3.05, 3.63) is 67.6 Å². The molecule has 0 fully saturated rings. The molecule has 0 aliphatic heterocycles. The maximum Gasteiger partial charge on any atom is 3.00 e. The summed E-state index contributed by atoms with van der Waals surface area (Å²) in [5.74, 6) is 0. The normalized spacial score (nSPS) is 6.62. The van der Waals surface area contributed by atoms with Gasteiger partial charge >= 0.3 is 21.7 Å². The van der Waals surface area contributed by atoms with E-state index in [0.29, 0.717) is 0 Å². The van der Waals surface area contributed by atoms with E-state index in [1.54, 1.807) is 6.92 Å². The van der Waals surface area contributed by atoms with Gasteiger partial charge in [-0.25, -0.2) is 24.3 Å². The van der Waals surface area contributed by atoms with Gasteiger partial charge in [-0.05, 0) is 0 Å². The molecule has 0 N–H and O–H groups in total. The van der Waals surface area contributed by atoms with Gasteiger partial charge in [-0.15, -0.1) is 0 Å². The smallest absolute Gasteiger partial charge is 0.346 e. The summed E-state index contributed by atoms with van der Waals surface area (Å²) < 4.78 is 0. The molecule has 2 aromatic rings. The predicted octanol–water partition coefficient (Wildman–Crippen LogP) is 3.65. The van der Waals surface area contributed by atoms with Crippen LogP contribution in [0.1, 0.15) is 6.92 Å². The van der Waals surface area contributed by atoms with Crippen LogP contribution in [-0.4, -0.2) is 0 Å². The first-order valence-electron chi connectivity index (χ1n) is 4.04. The molecule has 0 spiro atoms. The molecule has 0 atom stereocenters. The largest absolute Gasteiger partial charge is 3.00 e. The van der Waals surface area contributed by atoms with Gasteiger partial charge in [-0.1, -0.05) is 0 Å². The van der Waals surface area contributed by atoms with Gasteiger partial charge in [0.15, 0.2) is 0 Å². The van der Waals surface area contributed by atoms with Gasteiger partial charge in [-0.2, -0.15) is 43.3 Å². The first-order valence-corrected chi connectivity index (χ1v) is 4.04. The van der Waals surface area contributed by atoms with Crippen molar-refractivity contribution in [2.75, 3.05) is 0 Å². The van der Waals surface area contributed by atoms with Crippen molar-refractivity contribution in [2.24, 2.45) is 0 Å². The van der Waals surface area contributed by atoms with Gasteiger partial charge in [0.1, 0.15) is 0 Å². The first kappa shape index (κ1) is 14.9. The van der Waals surface area contributed by atoms with E-state index in [2.05, 4.69) is 6.92 Å². The summed E-state index contributed by atoms with van der Waals surface area (Å²) in [5, 5.41) is 0. The van der Waals surface area contributed by atoms with E-state index in [4.69, 9.17) is 0 Å². The zero-order chi connectivity index (χ0) is 9.07. The van der Waals surface area contributed by atoms with Gasteiger partial charge in [0, 0.05) is 0 Å². The van der Waals surface area contributed by atoms with Crippen LogP contribution in [0.15, 0.2) is 60.7 Å². The summed E-state index contributed by atoms with van der Waals surface area (Å²) in [5.41, 5.74) is 0. The van der Waals surface area contributed by atoms with Crippen LogP contribution in [0.3, 0.4) is 0 Å². The molecule has 0 saturated heterocycles. The molecule has 0 aliphatic rings. The van der Waals surface area contributed by atoms with E-state index < -0.39 is 0 Å². The van der Waals surface area contributed by atoms with Gasteiger partial charge in [0.05, 0.1) is 0 Å². The summed E-state index contributed by atoms with van der Waals surface area (Å²) in [7, 11) is 0. The van der Waals surface area contributed by atoms with Crippen LogP contribution < -0.4 is 0 Å². The van der Waals surface area contributed by atoms with Gasteiger partial charge in [-0.3, -0.25) is 0 Å². The minimum absolute atomic E-state index is 0. The van der Waals surface area contributed by atoms with Gasteiger partial charge < -0.3 is 6.92 Å². The number of hydrogen-bond acceptors (Lipinski definition) is 0. The minimum Gasteiger partial charge on any atom is -0.346 e. The summed E-state index contributed by atoms with van der Waals surface area (Å²) in [6.07, 6.45) is 0. The fraction of sp³-hybridized carbons (Fsp3) is 0.0833. The molecule has 1 radical (unpaired) electrons. The molecule has 2 rings (SSSR count). The third kappa shape index (κ3) is 11.4. The Hall–Kier alpha value is -0.586. The number of hydrogen-bond donors (Lipinski definition) is 0. The van der Waals surface area contributed by atoms with Gasteiger partial charge in [0.2, 0.25) is 0 Å². The molecule has 67 valence electrons. The zero-order valence-corrected chi connectivity index (χ0v) is 9.54. The minimum atomic E-state index is 0. The Morgan fingerprint density at radius 1 is 0.692 bits per heavy atom. The molecule has 0 nitrogen and oxygen atoms in total. The van der Waals surface area contributed by atoms with Crippen molar-refractivity contribution in [1.29, 1.82) is 0 Å². The fourth-order valence-electron chi connectivity index (χ4n) is 0.642. The molecule has 0 unspecified atom stereocenters. The molecular formula is C12H15Ti. The number of rotatable bonds is 0. The molecule has 0 aromatic heterocycles. The summed E-state index contributed by atoms with van der Waals surface area (Å²) in [4.78, 5) is 0. The monoisotopic (exact) mass is 207 g/mol. The molecule has 2 aromatic carbocycles. The van der Waals surface area contributed by atoms with E-state index in [0.717, 1.165) is 0 Å². The second-order valence-electron chi connectivity index (χ2n) is 1.92. The zero-order valence-electron chi connectivity index (χ0n) is 7.98. The Balaban J connectivity index is 0. The van der Waals surface area contributed by atoms with Crippen LogP contribution in [0.2, 0.25) is 0 Å². The Labute approximate surface area is 96.2 Å². The molecule has 0 aliphatic carbocycles. The van der Waals surface area contributed by atoms with E-state index in [-0.39, 0.29) is 21.7 Å². The first-order chi connectivity index (χ1) is 6.00. The molecule has 0 bridgehead atoms. The predicted molar refractivity (Wildman–Crippen MR) is 55.1 cm³/mol. The second-order valence-corrected chi connectivity index (χ2v) is 1.92. The second kappa shape index (κ2) is 14.0. The molecular weight excluding hydrogens is 192 g/mol. The molecule has 1 heteroatoms. The van der Waals surface area contributed by atoms with Crippen LogP contribution >= 0.6 is 0 Å². The average Bonchev–Trinajstić information content (AvgIpc) is 2.87. The van der Waals surface area contributed by atoms with Gasteiger partial charge in [0.25, 0.3) is 0 Å². The van der Waals surface area contributed by atoms with Crippen molar-refractivity contribution < 1.29 is 21.7 Å². The summed E-state index contributed by atoms with van der Waals surface area (Å²) >= 11 is 0. The Kier molecular flexibility index (Phi) is 16.0. The van der Waals surface area contributed by atoms with Crippen LogP contribution in [-0.2, 0) is 21.7 Å². The van der Waals surface area contributed by atoms with E-state index in [1.807, 2.05) is 60.7 Å². The van der Waals surface area contributed by atoms with E-state index in [9.17, 15) is 0 Å². The third-order valence-electron chi connectivity index (χ3n) is 1.11. The van der Waals surface area contributed by atoms with Crippen LogP contribution in [0.4, 0.5) is 0 Å². The van der Waals surface area contributed by atoms with Crippen molar-refractivity contribution in [3.63, 3.8) is 0 Å². The SMILES string of the molecule is [CH2-]C.[Ti+3].c1cc[cH-]c1.c1cc[cH-]c1. The van der Waals surface area contributed by atoms with Crippen molar-refractivity contribution in [3.8, 4) is 0 Å². The van der Waals surface area contributed by atoms with E-state index >= 15 is 0 Å². The Bertz CT molecular complexity index is 144. The third-order valence-corrected chi connectivity index (χ3v) is 1.11. The molecule has 0 amide bonds. The topological polar surface area (TPSA) is 0 Å². The maximum absolute atomic E-state index is 3.25. The quantitative estimate of drug-likeness (QED) is 0.457. The maximum atomic E-state index is 3.25. The molecule has 0 saturated carbocycles. The summed E-state index contributed by atoms with van der Waals surface area (Å²) in [6.45, 7) is 5.00. The average molecular weight is 207 g/mol. The van der Waals surface area contributed by atoms with Crippen molar-refractivity contribution >= 4 is 0 Å².